The summed E-state index contributed by atoms with van der Waals surface area (Å²) >= 11 is 0. The lowest BCUT2D eigenvalue weighted by atomic mass is 9.97. The van der Waals surface area contributed by atoms with Crippen molar-refractivity contribution in [3.8, 4) is 5.75 Å². The summed E-state index contributed by atoms with van der Waals surface area (Å²) < 4.78 is 5.29. The molecule has 0 heterocycles. The lowest BCUT2D eigenvalue weighted by Crippen LogP contribution is -2.18. The summed E-state index contributed by atoms with van der Waals surface area (Å²) in [6.07, 6.45) is 0.948. The van der Waals surface area contributed by atoms with Gasteiger partial charge in [-0.15, -0.1) is 0 Å². The van der Waals surface area contributed by atoms with Crippen LogP contribution in [0.15, 0.2) is 12.1 Å². The topological polar surface area (TPSA) is 47.3 Å². The van der Waals surface area contributed by atoms with Gasteiger partial charge in [0.1, 0.15) is 5.75 Å². The van der Waals surface area contributed by atoms with E-state index in [4.69, 9.17) is 10.5 Å². The van der Waals surface area contributed by atoms with E-state index in [1.807, 2.05) is 14.0 Å². The zero-order chi connectivity index (χ0) is 12.1. The molecule has 1 aromatic rings. The second-order valence-electron chi connectivity index (χ2n) is 4.18. The SMILES string of the molecule is CNCCC(N)c1cc(C)c(OC)cc1C. The van der Waals surface area contributed by atoms with Crippen molar-refractivity contribution in [2.75, 3.05) is 20.7 Å². The molecule has 1 atom stereocenters. The van der Waals surface area contributed by atoms with E-state index in [-0.39, 0.29) is 6.04 Å². The van der Waals surface area contributed by atoms with Crippen molar-refractivity contribution in [1.29, 1.82) is 0 Å². The predicted molar refractivity (Wildman–Crippen MR) is 67.9 cm³/mol. The number of rotatable bonds is 5. The Morgan fingerprint density at radius 3 is 2.56 bits per heavy atom. The number of nitrogens with two attached hydrogens (primary N) is 1. The molecule has 3 N–H and O–H groups in total. The van der Waals surface area contributed by atoms with Crippen LogP contribution in [-0.4, -0.2) is 20.7 Å². The molecule has 3 heteroatoms. The zero-order valence-corrected chi connectivity index (χ0v) is 10.6. The Labute approximate surface area is 98.0 Å². The van der Waals surface area contributed by atoms with Gasteiger partial charge in [0.05, 0.1) is 7.11 Å². The van der Waals surface area contributed by atoms with E-state index in [9.17, 15) is 0 Å². The quantitative estimate of drug-likeness (QED) is 0.800. The highest BCUT2D eigenvalue weighted by Gasteiger charge is 2.11. The van der Waals surface area contributed by atoms with Crippen LogP contribution in [-0.2, 0) is 0 Å². The third kappa shape index (κ3) is 2.97. The van der Waals surface area contributed by atoms with Gasteiger partial charge in [-0.2, -0.15) is 0 Å². The van der Waals surface area contributed by atoms with E-state index in [0.29, 0.717) is 0 Å². The summed E-state index contributed by atoms with van der Waals surface area (Å²) in [5.74, 6) is 0.932. The number of methoxy groups -OCH3 is 1. The fourth-order valence-corrected chi connectivity index (χ4v) is 1.89. The minimum atomic E-state index is 0.0945. The van der Waals surface area contributed by atoms with E-state index in [2.05, 4.69) is 24.4 Å². The second-order valence-corrected chi connectivity index (χ2v) is 4.18. The van der Waals surface area contributed by atoms with Crippen molar-refractivity contribution in [3.05, 3.63) is 28.8 Å². The van der Waals surface area contributed by atoms with Crippen LogP contribution in [0.5, 0.6) is 5.75 Å². The van der Waals surface area contributed by atoms with Gasteiger partial charge in [-0.05, 0) is 56.6 Å². The molecule has 90 valence electrons. The van der Waals surface area contributed by atoms with Gasteiger partial charge >= 0.3 is 0 Å². The molecular weight excluding hydrogens is 200 g/mol. The van der Waals surface area contributed by atoms with Crippen LogP contribution in [0.4, 0.5) is 0 Å². The molecule has 0 bridgehead atoms. The first-order valence-corrected chi connectivity index (χ1v) is 5.65. The molecule has 0 spiro atoms. The smallest absolute Gasteiger partial charge is 0.122 e. The van der Waals surface area contributed by atoms with Crippen LogP contribution in [0.1, 0.15) is 29.2 Å². The maximum atomic E-state index is 6.16. The second kappa shape index (κ2) is 5.87. The van der Waals surface area contributed by atoms with Gasteiger partial charge in [0.2, 0.25) is 0 Å². The average molecular weight is 222 g/mol. The van der Waals surface area contributed by atoms with Crippen LogP contribution >= 0.6 is 0 Å². The van der Waals surface area contributed by atoms with Gasteiger partial charge in [-0.1, -0.05) is 6.07 Å². The number of aryl methyl sites for hydroxylation is 2. The Morgan fingerprint density at radius 2 is 2.00 bits per heavy atom. The molecule has 1 rings (SSSR count). The predicted octanol–water partition coefficient (Wildman–Crippen LogP) is 1.92. The molecule has 0 aliphatic heterocycles. The van der Waals surface area contributed by atoms with E-state index in [0.717, 1.165) is 24.3 Å². The van der Waals surface area contributed by atoms with E-state index < -0.39 is 0 Å². The van der Waals surface area contributed by atoms with Gasteiger partial charge in [-0.3, -0.25) is 0 Å². The molecule has 0 aliphatic carbocycles. The summed E-state index contributed by atoms with van der Waals surface area (Å²) in [4.78, 5) is 0. The summed E-state index contributed by atoms with van der Waals surface area (Å²) in [5, 5.41) is 3.12. The molecule has 1 unspecified atom stereocenters. The fraction of sp³-hybridized carbons (Fsp3) is 0.538. The average Bonchev–Trinajstić information content (AvgIpc) is 2.28. The lowest BCUT2D eigenvalue weighted by Gasteiger charge is -2.17. The molecular formula is C13H22N2O. The molecule has 0 aliphatic rings. The first-order valence-electron chi connectivity index (χ1n) is 5.65. The van der Waals surface area contributed by atoms with Crippen molar-refractivity contribution in [1.82, 2.24) is 5.32 Å². The van der Waals surface area contributed by atoms with Gasteiger partial charge in [0, 0.05) is 6.04 Å². The van der Waals surface area contributed by atoms with Gasteiger partial charge in [0.15, 0.2) is 0 Å². The van der Waals surface area contributed by atoms with Crippen molar-refractivity contribution < 1.29 is 4.74 Å². The molecule has 0 fully saturated rings. The maximum Gasteiger partial charge on any atom is 0.122 e. The van der Waals surface area contributed by atoms with Gasteiger partial charge in [0.25, 0.3) is 0 Å². The molecule has 0 saturated heterocycles. The highest BCUT2D eigenvalue weighted by atomic mass is 16.5. The Morgan fingerprint density at radius 1 is 1.31 bits per heavy atom. The Kier molecular flexibility index (Phi) is 4.77. The summed E-state index contributed by atoms with van der Waals surface area (Å²) in [5.41, 5.74) is 9.72. The third-order valence-corrected chi connectivity index (χ3v) is 2.89. The van der Waals surface area contributed by atoms with Crippen LogP contribution < -0.4 is 15.8 Å². The number of hydrogen-bond donors (Lipinski definition) is 2. The van der Waals surface area contributed by atoms with Crippen LogP contribution in [0.25, 0.3) is 0 Å². The molecule has 16 heavy (non-hydrogen) atoms. The van der Waals surface area contributed by atoms with Crippen molar-refractivity contribution >= 4 is 0 Å². The molecule has 0 aromatic heterocycles. The lowest BCUT2D eigenvalue weighted by molar-refractivity contribution is 0.411. The molecule has 1 aromatic carbocycles. The number of nitrogens with one attached hydrogen (secondary N) is 1. The molecule has 0 amide bonds. The van der Waals surface area contributed by atoms with Crippen molar-refractivity contribution in [2.45, 2.75) is 26.3 Å². The monoisotopic (exact) mass is 222 g/mol. The van der Waals surface area contributed by atoms with E-state index in [1.54, 1.807) is 7.11 Å². The molecule has 0 saturated carbocycles. The normalized spacial score (nSPS) is 12.6. The Balaban J connectivity index is 2.92. The number of hydrogen-bond acceptors (Lipinski definition) is 3. The van der Waals surface area contributed by atoms with E-state index >= 15 is 0 Å². The fourth-order valence-electron chi connectivity index (χ4n) is 1.89. The van der Waals surface area contributed by atoms with Crippen molar-refractivity contribution in [2.24, 2.45) is 5.73 Å². The summed E-state index contributed by atoms with van der Waals surface area (Å²) in [7, 11) is 3.64. The molecule has 3 nitrogen and oxygen atoms in total. The highest BCUT2D eigenvalue weighted by Crippen LogP contribution is 2.26. The Hall–Kier alpha value is -1.06. The first kappa shape index (κ1) is 13.0. The van der Waals surface area contributed by atoms with Crippen LogP contribution in [0.2, 0.25) is 0 Å². The van der Waals surface area contributed by atoms with Gasteiger partial charge in [-0.25, -0.2) is 0 Å². The Bertz CT molecular complexity index is 350. The van der Waals surface area contributed by atoms with Crippen LogP contribution in [0, 0.1) is 13.8 Å². The van der Waals surface area contributed by atoms with Crippen LogP contribution in [0.3, 0.4) is 0 Å². The summed E-state index contributed by atoms with van der Waals surface area (Å²) in [6.45, 7) is 5.06. The minimum Gasteiger partial charge on any atom is -0.496 e. The minimum absolute atomic E-state index is 0.0945. The maximum absolute atomic E-state index is 6.16. The first-order chi connectivity index (χ1) is 7.60. The highest BCUT2D eigenvalue weighted by molar-refractivity contribution is 5.42. The standard InChI is InChI=1S/C13H22N2O/c1-9-8-13(16-4)10(2)7-11(9)12(14)5-6-15-3/h7-8,12,15H,5-6,14H2,1-4H3. The van der Waals surface area contributed by atoms with E-state index in [1.165, 1.54) is 11.1 Å². The largest absolute Gasteiger partial charge is 0.496 e. The number of benzene rings is 1. The van der Waals surface area contributed by atoms with Gasteiger partial charge < -0.3 is 15.8 Å². The van der Waals surface area contributed by atoms with Crippen molar-refractivity contribution in [3.63, 3.8) is 0 Å². The third-order valence-electron chi connectivity index (χ3n) is 2.89. The number of ether oxygens (including phenoxy) is 1. The summed E-state index contributed by atoms with van der Waals surface area (Å²) in [6, 6.07) is 4.29. The zero-order valence-electron chi connectivity index (χ0n) is 10.6. The molecule has 0 radical (unpaired) electrons.